The highest BCUT2D eigenvalue weighted by atomic mass is 32.2. The van der Waals surface area contributed by atoms with Crippen molar-refractivity contribution < 1.29 is 9.72 Å². The van der Waals surface area contributed by atoms with Gasteiger partial charge in [-0.15, -0.1) is 11.8 Å². The Labute approximate surface area is 164 Å². The standard InChI is InChI=1S/C21H28N2O3S/c1-14(21-9-16-6-17(10-21)8-18(7-16)11-21)22-20(24)13-27-12-15-2-4-19(5-3-15)23(25)26/h2-5,14,16-18H,6-13H2,1H3,(H,22,24)/t14-,16?,17?,18?,21?/m1/s1. The molecule has 4 saturated carbocycles. The predicted molar refractivity (Wildman–Crippen MR) is 107 cm³/mol. The lowest BCUT2D eigenvalue weighted by molar-refractivity contribution is -0.384. The lowest BCUT2D eigenvalue weighted by atomic mass is 9.48. The normalized spacial score (nSPS) is 32.3. The third-order valence-electron chi connectivity index (χ3n) is 7.03. The number of nitrogens with one attached hydrogen (secondary N) is 1. The summed E-state index contributed by atoms with van der Waals surface area (Å²) in [6.07, 6.45) is 8.17. The smallest absolute Gasteiger partial charge is 0.269 e. The topological polar surface area (TPSA) is 72.2 Å². The molecule has 5 nitrogen and oxygen atoms in total. The number of hydrogen-bond donors (Lipinski definition) is 1. The monoisotopic (exact) mass is 388 g/mol. The van der Waals surface area contributed by atoms with Crippen molar-refractivity contribution in [3.05, 3.63) is 39.9 Å². The summed E-state index contributed by atoms with van der Waals surface area (Å²) in [5.41, 5.74) is 1.45. The van der Waals surface area contributed by atoms with Crippen molar-refractivity contribution in [3.63, 3.8) is 0 Å². The highest BCUT2D eigenvalue weighted by Crippen LogP contribution is 2.61. The molecule has 1 aromatic rings. The number of carbonyl (C=O) groups is 1. The molecule has 0 spiro atoms. The molecule has 0 saturated heterocycles. The first kappa shape index (κ1) is 18.8. The fraction of sp³-hybridized carbons (Fsp3) is 0.667. The second-order valence-corrected chi connectivity index (χ2v) is 9.97. The van der Waals surface area contributed by atoms with Gasteiger partial charge in [-0.3, -0.25) is 14.9 Å². The van der Waals surface area contributed by atoms with E-state index in [0.717, 1.165) is 23.3 Å². The third kappa shape index (κ3) is 4.00. The second-order valence-electron chi connectivity index (χ2n) is 8.99. The summed E-state index contributed by atoms with van der Waals surface area (Å²) in [5, 5.41) is 14.0. The first-order valence-corrected chi connectivity index (χ1v) is 11.2. The van der Waals surface area contributed by atoms with Crippen molar-refractivity contribution >= 4 is 23.4 Å². The molecule has 1 N–H and O–H groups in total. The van der Waals surface area contributed by atoms with Gasteiger partial charge in [-0.05, 0) is 74.2 Å². The molecule has 1 atom stereocenters. The summed E-state index contributed by atoms with van der Waals surface area (Å²) in [7, 11) is 0. The number of amides is 1. The van der Waals surface area contributed by atoms with E-state index in [1.54, 1.807) is 23.9 Å². The van der Waals surface area contributed by atoms with Gasteiger partial charge >= 0.3 is 0 Å². The minimum atomic E-state index is -0.393. The van der Waals surface area contributed by atoms with Crippen LogP contribution in [0.15, 0.2) is 24.3 Å². The van der Waals surface area contributed by atoms with Crippen LogP contribution in [-0.4, -0.2) is 22.6 Å². The molecular formula is C21H28N2O3S. The van der Waals surface area contributed by atoms with Crippen molar-refractivity contribution in [2.45, 2.75) is 57.2 Å². The van der Waals surface area contributed by atoms with Gasteiger partial charge in [0.1, 0.15) is 0 Å². The van der Waals surface area contributed by atoms with Crippen LogP contribution in [0.3, 0.4) is 0 Å². The Morgan fingerprint density at radius 2 is 1.74 bits per heavy atom. The molecule has 4 bridgehead atoms. The van der Waals surface area contributed by atoms with Crippen LogP contribution in [0.1, 0.15) is 51.0 Å². The van der Waals surface area contributed by atoms with E-state index in [1.807, 2.05) is 0 Å². The Morgan fingerprint density at radius 3 is 2.26 bits per heavy atom. The Morgan fingerprint density at radius 1 is 1.19 bits per heavy atom. The van der Waals surface area contributed by atoms with Gasteiger partial charge in [-0.1, -0.05) is 12.1 Å². The number of nitro benzene ring substituents is 1. The lowest BCUT2D eigenvalue weighted by Gasteiger charge is -2.59. The van der Waals surface area contributed by atoms with Gasteiger partial charge < -0.3 is 5.32 Å². The van der Waals surface area contributed by atoms with E-state index in [0.29, 0.717) is 16.9 Å². The van der Waals surface area contributed by atoms with E-state index >= 15 is 0 Å². The van der Waals surface area contributed by atoms with Gasteiger partial charge in [0, 0.05) is 23.9 Å². The average molecular weight is 389 g/mol. The summed E-state index contributed by atoms with van der Waals surface area (Å²) < 4.78 is 0. The number of carbonyl (C=O) groups excluding carboxylic acids is 1. The van der Waals surface area contributed by atoms with Crippen LogP contribution in [0.5, 0.6) is 0 Å². The Balaban J connectivity index is 1.25. The second kappa shape index (κ2) is 7.46. The molecule has 0 heterocycles. The Bertz CT molecular complexity index is 683. The fourth-order valence-electron chi connectivity index (χ4n) is 6.12. The van der Waals surface area contributed by atoms with Gasteiger partial charge in [0.2, 0.25) is 5.91 Å². The lowest BCUT2D eigenvalue weighted by Crippen LogP contribution is -2.56. The number of thioether (sulfide) groups is 1. The maximum atomic E-state index is 12.5. The summed E-state index contributed by atoms with van der Waals surface area (Å²) in [5.74, 6) is 3.93. The summed E-state index contributed by atoms with van der Waals surface area (Å²) >= 11 is 1.57. The van der Waals surface area contributed by atoms with Crippen LogP contribution in [0, 0.1) is 33.3 Å². The van der Waals surface area contributed by atoms with Gasteiger partial charge in [0.05, 0.1) is 10.7 Å². The van der Waals surface area contributed by atoms with E-state index in [9.17, 15) is 14.9 Å². The summed E-state index contributed by atoms with van der Waals surface area (Å²) in [4.78, 5) is 22.8. The quantitative estimate of drug-likeness (QED) is 0.549. The largest absolute Gasteiger partial charge is 0.352 e. The van der Waals surface area contributed by atoms with E-state index < -0.39 is 4.92 Å². The van der Waals surface area contributed by atoms with E-state index in [4.69, 9.17) is 0 Å². The SMILES string of the molecule is C[C@@H](NC(=O)CSCc1ccc([N+](=O)[O-])cc1)C12CC3CC(CC(C3)C1)C2. The first-order valence-electron chi connectivity index (χ1n) is 10.0. The van der Waals surface area contributed by atoms with Crippen LogP contribution in [0.4, 0.5) is 5.69 Å². The predicted octanol–water partition coefficient (Wildman–Crippen LogP) is 4.55. The third-order valence-corrected chi connectivity index (χ3v) is 8.03. The number of hydrogen-bond acceptors (Lipinski definition) is 4. The number of nitro groups is 1. The summed E-state index contributed by atoms with van der Waals surface area (Å²) in [6.45, 7) is 2.21. The molecule has 6 heteroatoms. The average Bonchev–Trinajstić information content (AvgIpc) is 2.61. The van der Waals surface area contributed by atoms with Crippen LogP contribution in [-0.2, 0) is 10.5 Å². The molecule has 0 aliphatic heterocycles. The van der Waals surface area contributed by atoms with Crippen LogP contribution >= 0.6 is 11.8 Å². The first-order chi connectivity index (χ1) is 12.9. The fourth-order valence-corrected chi connectivity index (χ4v) is 6.92. The maximum absolute atomic E-state index is 12.5. The minimum absolute atomic E-state index is 0.103. The molecule has 4 fully saturated rings. The highest BCUT2D eigenvalue weighted by Gasteiger charge is 2.53. The minimum Gasteiger partial charge on any atom is -0.352 e. The van der Waals surface area contributed by atoms with Gasteiger partial charge in [-0.2, -0.15) is 0 Å². The molecular weight excluding hydrogens is 360 g/mol. The molecule has 0 aromatic heterocycles. The number of benzene rings is 1. The van der Waals surface area contributed by atoms with Crippen molar-refractivity contribution in [2.24, 2.45) is 23.2 Å². The van der Waals surface area contributed by atoms with Gasteiger partial charge in [0.15, 0.2) is 0 Å². The molecule has 1 amide bonds. The number of nitrogens with zero attached hydrogens (tertiary/aromatic N) is 1. The highest BCUT2D eigenvalue weighted by molar-refractivity contribution is 7.99. The Kier molecular flexibility index (Phi) is 5.19. The molecule has 146 valence electrons. The van der Waals surface area contributed by atoms with Crippen molar-refractivity contribution in [3.8, 4) is 0 Å². The van der Waals surface area contributed by atoms with E-state index in [-0.39, 0.29) is 17.6 Å². The van der Waals surface area contributed by atoms with E-state index in [2.05, 4.69) is 12.2 Å². The van der Waals surface area contributed by atoms with E-state index in [1.165, 1.54) is 50.7 Å². The van der Waals surface area contributed by atoms with Gasteiger partial charge in [-0.25, -0.2) is 0 Å². The molecule has 1 aromatic carbocycles. The van der Waals surface area contributed by atoms with Crippen molar-refractivity contribution in [2.75, 3.05) is 5.75 Å². The zero-order valence-corrected chi connectivity index (χ0v) is 16.7. The van der Waals surface area contributed by atoms with Crippen molar-refractivity contribution in [1.82, 2.24) is 5.32 Å². The molecule has 0 unspecified atom stereocenters. The number of non-ortho nitro benzene ring substituents is 1. The van der Waals surface area contributed by atoms with Crippen LogP contribution < -0.4 is 5.32 Å². The number of rotatable bonds is 7. The maximum Gasteiger partial charge on any atom is 0.269 e. The Hall–Kier alpha value is -1.56. The summed E-state index contributed by atoms with van der Waals surface area (Å²) in [6, 6.07) is 6.83. The van der Waals surface area contributed by atoms with Crippen molar-refractivity contribution in [1.29, 1.82) is 0 Å². The zero-order chi connectivity index (χ0) is 19.0. The van der Waals surface area contributed by atoms with Crippen LogP contribution in [0.2, 0.25) is 0 Å². The molecule has 5 rings (SSSR count). The zero-order valence-electron chi connectivity index (χ0n) is 15.9. The van der Waals surface area contributed by atoms with Crippen LogP contribution in [0.25, 0.3) is 0 Å². The molecule has 27 heavy (non-hydrogen) atoms. The van der Waals surface area contributed by atoms with Gasteiger partial charge in [0.25, 0.3) is 5.69 Å². The molecule has 4 aliphatic carbocycles. The molecule has 4 aliphatic rings. The molecule has 0 radical (unpaired) electrons.